The van der Waals surface area contributed by atoms with Gasteiger partial charge in [0.05, 0.1) is 53.6 Å². The average molecular weight is 1130 g/mol. The van der Waals surface area contributed by atoms with Gasteiger partial charge in [-0.05, 0) is 167 Å². The minimum absolute atomic E-state index is 0.0576. The van der Waals surface area contributed by atoms with Gasteiger partial charge < -0.3 is 52.7 Å². The number of aliphatic hydroxyl groups is 4. The van der Waals surface area contributed by atoms with Gasteiger partial charge in [-0.1, -0.05) is 72.1 Å². The van der Waals surface area contributed by atoms with E-state index in [1.165, 1.54) is 5.56 Å². The molecule has 11 rings (SSSR count). The summed E-state index contributed by atoms with van der Waals surface area (Å²) in [5.41, 5.74) is 8.00. The van der Waals surface area contributed by atoms with Crippen molar-refractivity contribution >= 4 is 43.4 Å². The van der Waals surface area contributed by atoms with Crippen LogP contribution in [-0.4, -0.2) is 85.9 Å². The summed E-state index contributed by atoms with van der Waals surface area (Å²) in [5, 5.41) is 42.7. The molecule has 0 amide bonds. The Morgan fingerprint density at radius 1 is 0.566 bits per heavy atom. The molecule has 83 heavy (non-hydrogen) atoms. The molecule has 5 aromatic heterocycles. The van der Waals surface area contributed by atoms with Crippen LogP contribution < -0.4 is 16.7 Å². The predicted molar refractivity (Wildman–Crippen MR) is 333 cm³/mol. The summed E-state index contributed by atoms with van der Waals surface area (Å²) in [6.45, 7) is 29.9. The Morgan fingerprint density at radius 3 is 1.69 bits per heavy atom. The van der Waals surface area contributed by atoms with Gasteiger partial charge in [-0.15, -0.1) is 5.92 Å². The SMILES string of the molecule is CC#Cc1cn(C(C)(C)C)c(=O)c2c(C)cccc12.Cc1ccc2c(=O)n(C(C)(C)C)ccc2c1.Cc1cccc2c1ncn2[C@H]1CC(O)[C@@H](CO)O1.Cc1cccc2ccn(C(C)(C)C)c(=O)c12.Cc1ccn([C@H]2CC(O)[C@@H](CO)O2)c1. The first kappa shape index (κ1) is 63.2. The van der Waals surface area contributed by atoms with E-state index < -0.39 is 24.4 Å². The maximum atomic E-state index is 12.7. The molecule has 2 fully saturated rings. The number of hydrogen-bond donors (Lipinski definition) is 4. The molecule has 0 aliphatic carbocycles. The third kappa shape index (κ3) is 14.5. The monoisotopic (exact) mass is 1130 g/mol. The Morgan fingerprint density at radius 2 is 1.11 bits per heavy atom. The molecule has 9 aromatic rings. The van der Waals surface area contributed by atoms with Crippen LogP contribution in [0.25, 0.3) is 43.4 Å². The first-order chi connectivity index (χ1) is 39.1. The van der Waals surface area contributed by atoms with Crippen LogP contribution in [0.4, 0.5) is 0 Å². The predicted octanol–water partition coefficient (Wildman–Crippen LogP) is 11.0. The van der Waals surface area contributed by atoms with Gasteiger partial charge in [-0.2, -0.15) is 0 Å². The number of hydrogen-bond acceptors (Lipinski definition) is 10. The molecule has 2 aliphatic heterocycles. The third-order valence-electron chi connectivity index (χ3n) is 15.0. The topological polar surface area (TPSA) is 188 Å². The zero-order valence-electron chi connectivity index (χ0n) is 50.9. The highest BCUT2D eigenvalue weighted by atomic mass is 16.5. The molecule has 2 unspecified atom stereocenters. The number of benzene rings is 4. The Labute approximate surface area is 487 Å². The molecule has 15 heteroatoms. The number of fused-ring (bicyclic) bond motifs is 4. The van der Waals surface area contributed by atoms with E-state index in [0.717, 1.165) is 71.2 Å². The molecule has 440 valence electrons. The van der Waals surface area contributed by atoms with Crippen LogP contribution in [-0.2, 0) is 26.1 Å². The lowest BCUT2D eigenvalue weighted by Gasteiger charge is -2.23. The number of aromatic nitrogens is 6. The van der Waals surface area contributed by atoms with Gasteiger partial charge in [-0.25, -0.2) is 4.98 Å². The maximum absolute atomic E-state index is 12.7. The molecule has 0 bridgehead atoms. The number of para-hydroxylation sites is 1. The number of ether oxygens (including phenoxy) is 2. The summed E-state index contributed by atoms with van der Waals surface area (Å²) in [5.74, 6) is 6.04. The van der Waals surface area contributed by atoms with E-state index in [4.69, 9.17) is 19.7 Å². The molecule has 2 saturated heterocycles. The molecule has 7 heterocycles. The van der Waals surface area contributed by atoms with E-state index in [-0.39, 0.29) is 59.0 Å². The second-order valence-electron chi connectivity index (χ2n) is 24.7. The average Bonchev–Trinajstić information content (AvgIpc) is 4.45. The number of imidazole rings is 1. The summed E-state index contributed by atoms with van der Waals surface area (Å²) < 4.78 is 20.3. The van der Waals surface area contributed by atoms with Crippen molar-refractivity contribution in [3.8, 4) is 11.8 Å². The normalized spacial score (nSPS) is 18.7. The molecular formula is C68H84N6O9. The molecule has 15 nitrogen and oxygen atoms in total. The fourth-order valence-electron chi connectivity index (χ4n) is 10.4. The first-order valence-electron chi connectivity index (χ1n) is 28.3. The Hall–Kier alpha value is -7.42. The largest absolute Gasteiger partial charge is 0.394 e. The van der Waals surface area contributed by atoms with Crippen molar-refractivity contribution in [1.29, 1.82) is 0 Å². The van der Waals surface area contributed by atoms with Crippen molar-refractivity contribution in [3.05, 3.63) is 193 Å². The first-order valence-corrected chi connectivity index (χ1v) is 28.3. The zero-order valence-corrected chi connectivity index (χ0v) is 50.9. The Bertz CT molecular complexity index is 3980. The standard InChI is InChI=1S/C17H19NO.2C14H17NO.C13H16N2O3.C10H15NO3/c1-6-8-13-11-18(17(3,4)5)16(19)15-12(2)9-7-10-14(13)15;1-10-5-6-12-11(9-10)7-8-15(13(12)16)14(2,3)4;1-10-6-5-7-11-8-9-15(14(2,3)4)13(16)12(10)11;1-8-3-2-4-9-13(8)14-7-15(9)12-5-10(17)11(6-16)18-12;1-7-2-3-11(5-7)10-4-8(13)9(6-12)14-10/h7,9-11H,1-5H3;2*5-9H,1-4H3;2-4,7,10-12,16-17H,5-6H2,1H3;2-3,5,8-10,12-13H,4,6H2,1H3/t;;;10?,11-,12-;8?,9-,10-/m...11/s1. The number of aryl methyl sites for hydroxylation is 5. The van der Waals surface area contributed by atoms with Crippen LogP contribution in [0.1, 0.15) is 128 Å². The van der Waals surface area contributed by atoms with Crippen LogP contribution in [0.5, 0.6) is 0 Å². The third-order valence-corrected chi connectivity index (χ3v) is 15.0. The summed E-state index contributed by atoms with van der Waals surface area (Å²) in [6, 6.07) is 29.8. The minimum Gasteiger partial charge on any atom is -0.394 e. The smallest absolute Gasteiger partial charge is 0.259 e. The molecule has 0 radical (unpaired) electrons. The van der Waals surface area contributed by atoms with E-state index in [1.54, 1.807) is 20.0 Å². The maximum Gasteiger partial charge on any atom is 0.259 e. The van der Waals surface area contributed by atoms with Gasteiger partial charge in [0, 0.05) is 76.8 Å². The molecular weight excluding hydrogens is 1040 g/mol. The van der Waals surface area contributed by atoms with Gasteiger partial charge in [-0.3, -0.25) is 14.4 Å². The van der Waals surface area contributed by atoms with Crippen LogP contribution in [0, 0.1) is 46.5 Å². The highest BCUT2D eigenvalue weighted by Gasteiger charge is 2.36. The molecule has 4 N–H and O–H groups in total. The number of pyridine rings is 3. The second-order valence-corrected chi connectivity index (χ2v) is 24.7. The van der Waals surface area contributed by atoms with Crippen molar-refractivity contribution in [2.45, 2.75) is 170 Å². The lowest BCUT2D eigenvalue weighted by Crippen LogP contribution is -2.34. The van der Waals surface area contributed by atoms with Gasteiger partial charge in [0.1, 0.15) is 24.7 Å². The summed E-state index contributed by atoms with van der Waals surface area (Å²) in [6.07, 6.45) is 9.74. The van der Waals surface area contributed by atoms with Gasteiger partial charge in [0.25, 0.3) is 16.7 Å². The van der Waals surface area contributed by atoms with Crippen molar-refractivity contribution < 1.29 is 29.9 Å². The number of nitrogens with zero attached hydrogens (tertiary/aromatic N) is 6. The van der Waals surface area contributed by atoms with Crippen LogP contribution >= 0.6 is 0 Å². The van der Waals surface area contributed by atoms with E-state index in [2.05, 4.69) is 16.8 Å². The fourth-order valence-corrected chi connectivity index (χ4v) is 10.4. The molecule has 2 aliphatic rings. The van der Waals surface area contributed by atoms with E-state index in [1.807, 2.05) is 235 Å². The number of rotatable bonds is 4. The van der Waals surface area contributed by atoms with Gasteiger partial charge in [0.2, 0.25) is 0 Å². The van der Waals surface area contributed by atoms with Gasteiger partial charge >= 0.3 is 0 Å². The molecule has 6 atom stereocenters. The zero-order chi connectivity index (χ0) is 60.9. The van der Waals surface area contributed by atoms with Crippen molar-refractivity contribution in [1.82, 2.24) is 27.8 Å². The molecule has 0 spiro atoms. The number of aliphatic hydroxyl groups excluding tert-OH is 4. The van der Waals surface area contributed by atoms with E-state index in [0.29, 0.717) is 12.8 Å². The summed E-state index contributed by atoms with van der Waals surface area (Å²) in [4.78, 5) is 41.7. The Balaban J connectivity index is 0.000000150. The summed E-state index contributed by atoms with van der Waals surface area (Å²) >= 11 is 0. The van der Waals surface area contributed by atoms with E-state index in [9.17, 15) is 24.6 Å². The van der Waals surface area contributed by atoms with Gasteiger partial charge in [0.15, 0.2) is 0 Å². The van der Waals surface area contributed by atoms with Crippen molar-refractivity contribution in [3.63, 3.8) is 0 Å². The van der Waals surface area contributed by atoms with Crippen LogP contribution in [0.3, 0.4) is 0 Å². The highest BCUT2D eigenvalue weighted by molar-refractivity contribution is 5.90. The van der Waals surface area contributed by atoms with E-state index >= 15 is 0 Å². The second kappa shape index (κ2) is 26.0. The van der Waals surface area contributed by atoms with Crippen molar-refractivity contribution in [2.75, 3.05) is 13.2 Å². The lowest BCUT2D eigenvalue weighted by molar-refractivity contribution is -0.0442. The minimum atomic E-state index is -0.623. The molecule has 4 aromatic carbocycles. The highest BCUT2D eigenvalue weighted by Crippen LogP contribution is 2.32. The fraction of sp³-hybridized carbons (Fsp3) is 0.412. The van der Waals surface area contributed by atoms with Crippen LogP contribution in [0.2, 0.25) is 0 Å². The summed E-state index contributed by atoms with van der Waals surface area (Å²) in [7, 11) is 0. The van der Waals surface area contributed by atoms with Crippen LogP contribution in [0.15, 0.2) is 143 Å². The Kier molecular flexibility index (Phi) is 19.8. The lowest BCUT2D eigenvalue weighted by atomic mass is 10.0. The van der Waals surface area contributed by atoms with Crippen molar-refractivity contribution in [2.24, 2.45) is 0 Å². The quantitative estimate of drug-likeness (QED) is 0.124. The molecule has 0 saturated carbocycles.